The fourth-order valence-corrected chi connectivity index (χ4v) is 1.87. The van der Waals surface area contributed by atoms with Crippen LogP contribution in [0.25, 0.3) is 0 Å². The van der Waals surface area contributed by atoms with Crippen LogP contribution in [0, 0.1) is 0 Å². The van der Waals surface area contributed by atoms with Crippen LogP contribution < -0.4 is 14.6 Å². The average molecular weight is 214 g/mol. The zero-order chi connectivity index (χ0) is 10.2. The van der Waals surface area contributed by atoms with Crippen molar-refractivity contribution >= 4 is 15.9 Å². The van der Waals surface area contributed by atoms with Gasteiger partial charge in [-0.25, -0.2) is 5.14 Å². The molecular weight excluding hydrogens is 204 g/mol. The maximum atomic E-state index is 10.7. The SMILES string of the molecule is NS(=O)(=O)Nc1ccc2c(c1)CCO2. The summed E-state index contributed by atoms with van der Waals surface area (Å²) in [5, 5.41) is 4.84. The summed E-state index contributed by atoms with van der Waals surface area (Å²) in [6, 6.07) is 5.08. The number of benzene rings is 1. The topological polar surface area (TPSA) is 81.4 Å². The van der Waals surface area contributed by atoms with Crippen molar-refractivity contribution < 1.29 is 13.2 Å². The minimum atomic E-state index is -3.69. The molecule has 1 aromatic carbocycles. The first kappa shape index (κ1) is 9.29. The number of nitrogens with one attached hydrogen (secondary N) is 1. The van der Waals surface area contributed by atoms with Gasteiger partial charge < -0.3 is 4.74 Å². The first-order valence-electron chi connectivity index (χ1n) is 4.11. The lowest BCUT2D eigenvalue weighted by Gasteiger charge is -2.04. The highest BCUT2D eigenvalue weighted by Gasteiger charge is 2.13. The Morgan fingerprint density at radius 1 is 1.43 bits per heavy atom. The van der Waals surface area contributed by atoms with Crippen molar-refractivity contribution in [2.45, 2.75) is 6.42 Å². The summed E-state index contributed by atoms with van der Waals surface area (Å²) in [5.74, 6) is 0.810. The Bertz CT molecular complexity index is 456. The third-order valence-corrected chi connectivity index (χ3v) is 2.47. The number of nitrogens with two attached hydrogens (primary N) is 1. The van der Waals surface area contributed by atoms with E-state index >= 15 is 0 Å². The summed E-state index contributed by atoms with van der Waals surface area (Å²) in [7, 11) is -3.69. The van der Waals surface area contributed by atoms with Gasteiger partial charge in [0.2, 0.25) is 0 Å². The van der Waals surface area contributed by atoms with Gasteiger partial charge in [-0.05, 0) is 23.8 Å². The Morgan fingerprint density at radius 2 is 2.21 bits per heavy atom. The molecule has 0 bridgehead atoms. The number of ether oxygens (including phenoxy) is 1. The van der Waals surface area contributed by atoms with E-state index in [1.54, 1.807) is 18.2 Å². The average Bonchev–Trinajstić information content (AvgIpc) is 2.47. The Labute approximate surface area is 82.1 Å². The molecule has 1 aliphatic rings. The molecule has 0 radical (unpaired) electrons. The molecule has 1 aliphatic heterocycles. The Balaban J connectivity index is 2.29. The first-order chi connectivity index (χ1) is 6.54. The van der Waals surface area contributed by atoms with Crippen molar-refractivity contribution in [3.63, 3.8) is 0 Å². The van der Waals surface area contributed by atoms with E-state index < -0.39 is 10.2 Å². The van der Waals surface area contributed by atoms with Gasteiger partial charge in [0, 0.05) is 6.42 Å². The van der Waals surface area contributed by atoms with Gasteiger partial charge in [0.25, 0.3) is 10.2 Å². The van der Waals surface area contributed by atoms with Gasteiger partial charge in [0.05, 0.1) is 12.3 Å². The molecule has 0 saturated heterocycles. The predicted octanol–water partition coefficient (Wildman–Crippen LogP) is 0.237. The van der Waals surface area contributed by atoms with Crippen LogP contribution >= 0.6 is 0 Å². The molecule has 1 heterocycles. The van der Waals surface area contributed by atoms with Crippen molar-refractivity contribution in [3.8, 4) is 5.75 Å². The third-order valence-electron chi connectivity index (χ3n) is 1.95. The van der Waals surface area contributed by atoms with Gasteiger partial charge >= 0.3 is 0 Å². The highest BCUT2D eigenvalue weighted by atomic mass is 32.2. The number of hydrogen-bond donors (Lipinski definition) is 2. The van der Waals surface area contributed by atoms with Crippen LogP contribution in [0.3, 0.4) is 0 Å². The molecule has 1 aromatic rings. The summed E-state index contributed by atoms with van der Waals surface area (Å²) in [4.78, 5) is 0. The van der Waals surface area contributed by atoms with Crippen LogP contribution in [0.4, 0.5) is 5.69 Å². The molecule has 0 unspecified atom stereocenters. The molecule has 0 atom stereocenters. The summed E-state index contributed by atoms with van der Waals surface area (Å²) in [5.41, 5.74) is 1.47. The molecule has 2 rings (SSSR count). The summed E-state index contributed by atoms with van der Waals surface area (Å²) in [6.07, 6.45) is 0.801. The number of fused-ring (bicyclic) bond motifs is 1. The van der Waals surface area contributed by atoms with E-state index in [1.165, 1.54) is 0 Å². The lowest BCUT2D eigenvalue weighted by atomic mass is 10.1. The number of anilines is 1. The lowest BCUT2D eigenvalue weighted by Crippen LogP contribution is -2.21. The predicted molar refractivity (Wildman–Crippen MR) is 52.4 cm³/mol. The van der Waals surface area contributed by atoms with Crippen LogP contribution in [0.5, 0.6) is 5.75 Å². The minimum absolute atomic E-state index is 0.469. The van der Waals surface area contributed by atoms with Crippen LogP contribution in [-0.2, 0) is 16.6 Å². The smallest absolute Gasteiger partial charge is 0.296 e. The quantitative estimate of drug-likeness (QED) is 0.739. The van der Waals surface area contributed by atoms with Crippen molar-refractivity contribution in [2.75, 3.05) is 11.3 Å². The van der Waals surface area contributed by atoms with Gasteiger partial charge in [-0.3, -0.25) is 4.72 Å². The maximum Gasteiger partial charge on any atom is 0.296 e. The Morgan fingerprint density at radius 3 is 2.93 bits per heavy atom. The maximum absolute atomic E-state index is 10.7. The van der Waals surface area contributed by atoms with Crippen LogP contribution in [0.1, 0.15) is 5.56 Å². The normalized spacial score (nSPS) is 14.6. The second-order valence-corrected chi connectivity index (χ2v) is 4.36. The zero-order valence-corrected chi connectivity index (χ0v) is 8.17. The van der Waals surface area contributed by atoms with Gasteiger partial charge in [0.15, 0.2) is 0 Å². The molecule has 0 spiro atoms. The van der Waals surface area contributed by atoms with E-state index in [0.29, 0.717) is 12.3 Å². The van der Waals surface area contributed by atoms with Gasteiger partial charge in [-0.2, -0.15) is 8.42 Å². The summed E-state index contributed by atoms with van der Waals surface area (Å²) < 4.78 is 29.0. The standard InChI is InChI=1S/C8H10N2O3S/c9-14(11,12)10-7-1-2-8-6(5-7)3-4-13-8/h1-2,5,10H,3-4H2,(H2,9,11,12). The lowest BCUT2D eigenvalue weighted by molar-refractivity contribution is 0.357. The van der Waals surface area contributed by atoms with E-state index in [1.807, 2.05) is 0 Å². The highest BCUT2D eigenvalue weighted by Crippen LogP contribution is 2.27. The van der Waals surface area contributed by atoms with Crippen LogP contribution in [0.2, 0.25) is 0 Å². The largest absolute Gasteiger partial charge is 0.493 e. The van der Waals surface area contributed by atoms with E-state index in [-0.39, 0.29) is 0 Å². The van der Waals surface area contributed by atoms with E-state index in [9.17, 15) is 8.42 Å². The number of hydrogen-bond acceptors (Lipinski definition) is 3. The highest BCUT2D eigenvalue weighted by molar-refractivity contribution is 7.90. The zero-order valence-electron chi connectivity index (χ0n) is 7.36. The Kier molecular flexibility index (Phi) is 2.09. The second kappa shape index (κ2) is 3.14. The molecule has 0 aliphatic carbocycles. The monoisotopic (exact) mass is 214 g/mol. The molecule has 0 aromatic heterocycles. The molecule has 6 heteroatoms. The van der Waals surface area contributed by atoms with Gasteiger partial charge in [0.1, 0.15) is 5.75 Å². The van der Waals surface area contributed by atoms with Gasteiger partial charge in [-0.15, -0.1) is 0 Å². The molecule has 0 fully saturated rings. The molecular formula is C8H10N2O3S. The van der Waals surface area contributed by atoms with E-state index in [2.05, 4.69) is 4.72 Å². The van der Waals surface area contributed by atoms with Crippen LogP contribution in [-0.4, -0.2) is 15.0 Å². The summed E-state index contributed by atoms with van der Waals surface area (Å²) >= 11 is 0. The minimum Gasteiger partial charge on any atom is -0.493 e. The molecule has 5 nitrogen and oxygen atoms in total. The number of rotatable bonds is 2. The Hall–Kier alpha value is -1.27. The first-order valence-corrected chi connectivity index (χ1v) is 5.65. The fraction of sp³-hybridized carbons (Fsp3) is 0.250. The molecule has 3 N–H and O–H groups in total. The molecule has 14 heavy (non-hydrogen) atoms. The van der Waals surface area contributed by atoms with Crippen molar-refractivity contribution in [1.29, 1.82) is 0 Å². The summed E-state index contributed by atoms with van der Waals surface area (Å²) in [6.45, 7) is 0.647. The molecule has 76 valence electrons. The molecule has 0 saturated carbocycles. The van der Waals surface area contributed by atoms with E-state index in [4.69, 9.17) is 9.88 Å². The fourth-order valence-electron chi connectivity index (χ4n) is 1.41. The third kappa shape index (κ3) is 1.97. The van der Waals surface area contributed by atoms with Crippen molar-refractivity contribution in [3.05, 3.63) is 23.8 Å². The van der Waals surface area contributed by atoms with E-state index in [0.717, 1.165) is 17.7 Å². The van der Waals surface area contributed by atoms with Gasteiger partial charge in [-0.1, -0.05) is 0 Å². The van der Waals surface area contributed by atoms with Crippen molar-refractivity contribution in [2.24, 2.45) is 5.14 Å². The molecule has 0 amide bonds. The second-order valence-electron chi connectivity index (χ2n) is 3.07. The van der Waals surface area contributed by atoms with Crippen molar-refractivity contribution in [1.82, 2.24) is 0 Å². The van der Waals surface area contributed by atoms with Crippen LogP contribution in [0.15, 0.2) is 18.2 Å².